The SMILES string of the molecule is CCC(C(=O)NC)N(Cc1ccc(Cl)cc1)C(=O)COc1ccc(Br)c(C)c1. The van der Waals surface area contributed by atoms with Crippen LogP contribution in [0.3, 0.4) is 0 Å². The van der Waals surface area contributed by atoms with Crippen LogP contribution in [0.15, 0.2) is 46.9 Å². The molecule has 7 heteroatoms. The van der Waals surface area contributed by atoms with Crippen LogP contribution in [0.4, 0.5) is 0 Å². The second kappa shape index (κ2) is 10.5. The lowest BCUT2D eigenvalue weighted by atomic mass is 10.1. The van der Waals surface area contributed by atoms with Crippen LogP contribution in [-0.4, -0.2) is 36.4 Å². The highest BCUT2D eigenvalue weighted by Crippen LogP contribution is 2.22. The number of carbonyl (C=O) groups excluding carboxylic acids is 2. The highest BCUT2D eigenvalue weighted by Gasteiger charge is 2.28. The lowest BCUT2D eigenvalue weighted by molar-refractivity contribution is -0.142. The van der Waals surface area contributed by atoms with Crippen molar-refractivity contribution in [2.24, 2.45) is 0 Å². The number of ether oxygens (including phenoxy) is 1. The van der Waals surface area contributed by atoms with E-state index in [1.54, 1.807) is 30.1 Å². The van der Waals surface area contributed by atoms with Crippen molar-refractivity contribution in [2.75, 3.05) is 13.7 Å². The van der Waals surface area contributed by atoms with E-state index in [9.17, 15) is 9.59 Å². The first kappa shape index (κ1) is 22.2. The van der Waals surface area contributed by atoms with Crippen LogP contribution in [0, 0.1) is 6.92 Å². The Balaban J connectivity index is 2.18. The molecule has 0 fully saturated rings. The molecule has 0 saturated heterocycles. The third-order valence-corrected chi connectivity index (χ3v) is 5.53. The molecule has 2 aromatic rings. The molecule has 1 atom stereocenters. The molecule has 0 aliphatic heterocycles. The van der Waals surface area contributed by atoms with Gasteiger partial charge in [-0.05, 0) is 54.8 Å². The summed E-state index contributed by atoms with van der Waals surface area (Å²) in [5, 5.41) is 3.25. The molecule has 2 rings (SSSR count). The lowest BCUT2D eigenvalue weighted by Gasteiger charge is -2.30. The number of benzene rings is 2. The Morgan fingerprint density at radius 2 is 1.89 bits per heavy atom. The molecule has 2 aromatic carbocycles. The van der Waals surface area contributed by atoms with Gasteiger partial charge in [0.25, 0.3) is 5.91 Å². The maximum absolute atomic E-state index is 12.9. The number of rotatable bonds is 8. The summed E-state index contributed by atoms with van der Waals surface area (Å²) in [6.45, 7) is 3.97. The van der Waals surface area contributed by atoms with E-state index in [1.807, 2.05) is 38.1 Å². The first-order chi connectivity index (χ1) is 13.3. The molecule has 1 N–H and O–H groups in total. The van der Waals surface area contributed by atoms with Gasteiger partial charge in [0, 0.05) is 23.1 Å². The summed E-state index contributed by atoms with van der Waals surface area (Å²) in [7, 11) is 1.57. The number of aryl methyl sites for hydroxylation is 1. The van der Waals surface area contributed by atoms with Gasteiger partial charge in [-0.2, -0.15) is 0 Å². The molecule has 1 unspecified atom stereocenters. The molecule has 0 aromatic heterocycles. The zero-order valence-corrected chi connectivity index (χ0v) is 18.5. The average molecular weight is 468 g/mol. The molecule has 0 bridgehead atoms. The Morgan fingerprint density at radius 3 is 2.46 bits per heavy atom. The summed E-state index contributed by atoms with van der Waals surface area (Å²) in [6, 6.07) is 12.2. The number of amides is 2. The predicted octanol–water partition coefficient (Wildman–Crippen LogP) is 4.34. The molecular weight excluding hydrogens is 444 g/mol. The van der Waals surface area contributed by atoms with E-state index in [2.05, 4.69) is 21.2 Å². The van der Waals surface area contributed by atoms with Gasteiger partial charge in [-0.3, -0.25) is 9.59 Å². The molecule has 0 spiro atoms. The summed E-state index contributed by atoms with van der Waals surface area (Å²) < 4.78 is 6.66. The van der Waals surface area contributed by atoms with Crippen molar-refractivity contribution >= 4 is 39.3 Å². The van der Waals surface area contributed by atoms with Crippen LogP contribution in [0.2, 0.25) is 5.02 Å². The number of halogens is 2. The van der Waals surface area contributed by atoms with E-state index < -0.39 is 6.04 Å². The van der Waals surface area contributed by atoms with Gasteiger partial charge < -0.3 is 15.0 Å². The highest BCUT2D eigenvalue weighted by atomic mass is 79.9. The van der Waals surface area contributed by atoms with Crippen LogP contribution in [-0.2, 0) is 16.1 Å². The van der Waals surface area contributed by atoms with Gasteiger partial charge in [-0.1, -0.05) is 46.6 Å². The molecule has 0 aliphatic rings. The van der Waals surface area contributed by atoms with Gasteiger partial charge >= 0.3 is 0 Å². The maximum Gasteiger partial charge on any atom is 0.261 e. The van der Waals surface area contributed by atoms with E-state index in [4.69, 9.17) is 16.3 Å². The van der Waals surface area contributed by atoms with Crippen molar-refractivity contribution in [1.82, 2.24) is 10.2 Å². The fourth-order valence-electron chi connectivity index (χ4n) is 2.81. The zero-order chi connectivity index (χ0) is 20.7. The highest BCUT2D eigenvalue weighted by molar-refractivity contribution is 9.10. The second-order valence-electron chi connectivity index (χ2n) is 6.39. The van der Waals surface area contributed by atoms with Gasteiger partial charge in [0.1, 0.15) is 11.8 Å². The summed E-state index contributed by atoms with van der Waals surface area (Å²) in [5.41, 5.74) is 1.90. The first-order valence-electron chi connectivity index (χ1n) is 9.00. The monoisotopic (exact) mass is 466 g/mol. The van der Waals surface area contributed by atoms with Crippen molar-refractivity contribution in [1.29, 1.82) is 0 Å². The minimum atomic E-state index is -0.580. The van der Waals surface area contributed by atoms with Gasteiger partial charge in [0.05, 0.1) is 0 Å². The fraction of sp³-hybridized carbons (Fsp3) is 0.333. The zero-order valence-electron chi connectivity index (χ0n) is 16.2. The number of nitrogens with zero attached hydrogens (tertiary/aromatic N) is 1. The maximum atomic E-state index is 12.9. The second-order valence-corrected chi connectivity index (χ2v) is 7.68. The molecule has 2 amide bonds. The first-order valence-corrected chi connectivity index (χ1v) is 10.2. The van der Waals surface area contributed by atoms with Crippen molar-refractivity contribution in [2.45, 2.75) is 32.9 Å². The third kappa shape index (κ3) is 5.97. The van der Waals surface area contributed by atoms with Crippen LogP contribution in [0.1, 0.15) is 24.5 Å². The van der Waals surface area contributed by atoms with Gasteiger partial charge in [-0.25, -0.2) is 0 Å². The Kier molecular flexibility index (Phi) is 8.33. The Labute approximate surface area is 179 Å². The average Bonchev–Trinajstić information content (AvgIpc) is 2.69. The van der Waals surface area contributed by atoms with Crippen molar-refractivity contribution in [3.63, 3.8) is 0 Å². The number of carbonyl (C=O) groups is 2. The largest absolute Gasteiger partial charge is 0.484 e. The molecule has 5 nitrogen and oxygen atoms in total. The van der Waals surface area contributed by atoms with Crippen molar-refractivity contribution in [3.05, 3.63) is 63.1 Å². The number of hydrogen-bond donors (Lipinski definition) is 1. The minimum absolute atomic E-state index is 0.151. The van der Waals surface area contributed by atoms with Crippen LogP contribution < -0.4 is 10.1 Å². The smallest absolute Gasteiger partial charge is 0.261 e. The van der Waals surface area contributed by atoms with Gasteiger partial charge in [-0.15, -0.1) is 0 Å². The molecule has 0 radical (unpaired) electrons. The molecule has 150 valence electrons. The molecular formula is C21H24BrClN2O3. The van der Waals surface area contributed by atoms with E-state index in [-0.39, 0.29) is 18.4 Å². The van der Waals surface area contributed by atoms with Gasteiger partial charge in [0.2, 0.25) is 5.91 Å². The normalized spacial score (nSPS) is 11.6. The van der Waals surface area contributed by atoms with E-state index in [1.165, 1.54) is 0 Å². The molecule has 0 heterocycles. The number of hydrogen-bond acceptors (Lipinski definition) is 3. The summed E-state index contributed by atoms with van der Waals surface area (Å²) in [6.07, 6.45) is 0.496. The lowest BCUT2D eigenvalue weighted by Crippen LogP contribution is -2.49. The van der Waals surface area contributed by atoms with E-state index in [0.29, 0.717) is 23.7 Å². The quantitative estimate of drug-likeness (QED) is 0.628. The summed E-state index contributed by atoms with van der Waals surface area (Å²) in [5.74, 6) is 0.142. The topological polar surface area (TPSA) is 58.6 Å². The van der Waals surface area contributed by atoms with Crippen LogP contribution in [0.5, 0.6) is 5.75 Å². The number of likely N-dealkylation sites (N-methyl/N-ethyl adjacent to an activating group) is 1. The van der Waals surface area contributed by atoms with E-state index in [0.717, 1.165) is 15.6 Å². The van der Waals surface area contributed by atoms with Gasteiger partial charge in [0.15, 0.2) is 6.61 Å². The third-order valence-electron chi connectivity index (χ3n) is 4.39. The van der Waals surface area contributed by atoms with Crippen LogP contribution in [0.25, 0.3) is 0 Å². The standard InChI is InChI=1S/C21H24BrClN2O3/c1-4-19(21(27)24-3)25(12-15-5-7-16(23)8-6-15)20(26)13-28-17-9-10-18(22)14(2)11-17/h5-11,19H,4,12-13H2,1-3H3,(H,24,27). The van der Waals surface area contributed by atoms with Crippen molar-refractivity contribution in [3.8, 4) is 5.75 Å². The minimum Gasteiger partial charge on any atom is -0.484 e. The summed E-state index contributed by atoms with van der Waals surface area (Å²) >= 11 is 9.39. The van der Waals surface area contributed by atoms with Crippen molar-refractivity contribution < 1.29 is 14.3 Å². The summed E-state index contributed by atoms with van der Waals surface area (Å²) in [4.78, 5) is 26.8. The molecule has 0 aliphatic carbocycles. The Morgan fingerprint density at radius 1 is 1.21 bits per heavy atom. The predicted molar refractivity (Wildman–Crippen MR) is 115 cm³/mol. The molecule has 0 saturated carbocycles. The fourth-order valence-corrected chi connectivity index (χ4v) is 3.18. The Bertz CT molecular complexity index is 827. The van der Waals surface area contributed by atoms with Crippen LogP contribution >= 0.6 is 27.5 Å². The van der Waals surface area contributed by atoms with E-state index >= 15 is 0 Å². The number of nitrogens with one attached hydrogen (secondary N) is 1. The molecule has 28 heavy (non-hydrogen) atoms. The Hall–Kier alpha value is -2.05.